The number of fused-ring (bicyclic) bond motifs is 4. The van der Waals surface area contributed by atoms with E-state index in [0.717, 1.165) is 57.8 Å². The van der Waals surface area contributed by atoms with E-state index in [2.05, 4.69) is 48.5 Å². The molecule has 8 nitrogen and oxygen atoms in total. The Bertz CT molecular complexity index is 1200. The number of ether oxygens (including phenoxy) is 3. The molecule has 0 amide bonds. The predicted molar refractivity (Wildman–Crippen MR) is 163 cm³/mol. The molecule has 0 aromatic carbocycles. The van der Waals surface area contributed by atoms with Gasteiger partial charge in [-0.25, -0.2) is 0 Å². The smallest absolute Gasteiger partial charge is 0.313 e. The van der Waals surface area contributed by atoms with Crippen molar-refractivity contribution in [2.75, 3.05) is 0 Å². The summed E-state index contributed by atoms with van der Waals surface area (Å²) >= 11 is 0. The van der Waals surface area contributed by atoms with E-state index in [1.54, 1.807) is 6.92 Å². The molecule has 0 radical (unpaired) electrons. The lowest BCUT2D eigenvalue weighted by atomic mass is 9.30. The number of hydrogen-bond donors (Lipinski definition) is 4. The van der Waals surface area contributed by atoms with Crippen LogP contribution in [-0.4, -0.2) is 74.9 Å². The van der Waals surface area contributed by atoms with Crippen LogP contribution < -0.4 is 0 Å². The predicted octanol–water partition coefficient (Wildman–Crippen LogP) is 4.73. The first-order valence-electron chi connectivity index (χ1n) is 17.6. The Hall–Kier alpha value is -0.770. The third kappa shape index (κ3) is 3.65. The molecular weight excluding hydrogens is 560 g/mol. The molecule has 7 aliphatic rings. The lowest BCUT2D eigenvalue weighted by Gasteiger charge is -2.74. The summed E-state index contributed by atoms with van der Waals surface area (Å²) in [5, 5.41) is 43.8. The molecule has 0 unspecified atom stereocenters. The highest BCUT2D eigenvalue weighted by Gasteiger charge is 2.83. The monoisotopic (exact) mass is 618 g/mol. The van der Waals surface area contributed by atoms with E-state index in [1.807, 2.05) is 0 Å². The second-order valence-electron chi connectivity index (χ2n) is 18.6. The van der Waals surface area contributed by atoms with Crippen LogP contribution in [0.15, 0.2) is 0 Å². The van der Waals surface area contributed by atoms with E-state index in [9.17, 15) is 25.2 Å². The van der Waals surface area contributed by atoms with Gasteiger partial charge >= 0.3 is 5.97 Å². The van der Waals surface area contributed by atoms with Crippen LogP contribution in [0.3, 0.4) is 0 Å². The molecule has 7 rings (SSSR count). The minimum atomic E-state index is -1.32. The minimum absolute atomic E-state index is 0.0411. The fraction of sp³-hybridized carbons (Fsp3) is 0.972. The van der Waals surface area contributed by atoms with Crippen molar-refractivity contribution in [2.45, 2.75) is 168 Å². The molecule has 250 valence electrons. The first-order chi connectivity index (χ1) is 20.3. The molecule has 5 saturated carbocycles. The van der Waals surface area contributed by atoms with Crippen molar-refractivity contribution in [1.29, 1.82) is 0 Å². The summed E-state index contributed by atoms with van der Waals surface area (Å²) in [5.74, 6) is 0.590. The van der Waals surface area contributed by atoms with Crippen LogP contribution in [0.4, 0.5) is 0 Å². The Labute approximate surface area is 263 Å². The molecule has 5 aliphatic carbocycles. The van der Waals surface area contributed by atoms with Gasteiger partial charge in [-0.05, 0) is 105 Å². The normalized spacial score (nSPS) is 59.0. The number of aliphatic hydroxyl groups excluding tert-OH is 4. The lowest BCUT2D eigenvalue weighted by molar-refractivity contribution is -0.337. The van der Waals surface area contributed by atoms with Gasteiger partial charge < -0.3 is 34.6 Å². The molecule has 2 heterocycles. The Morgan fingerprint density at radius 2 is 1.45 bits per heavy atom. The topological polar surface area (TPSA) is 126 Å². The zero-order valence-corrected chi connectivity index (χ0v) is 28.3. The molecule has 8 heteroatoms. The molecule has 4 N–H and O–H groups in total. The molecule has 0 aromatic rings. The summed E-state index contributed by atoms with van der Waals surface area (Å²) in [6, 6.07) is 0. The molecular formula is C36H58O8. The van der Waals surface area contributed by atoms with Crippen molar-refractivity contribution in [3.63, 3.8) is 0 Å². The van der Waals surface area contributed by atoms with Gasteiger partial charge in [0.1, 0.15) is 23.9 Å². The van der Waals surface area contributed by atoms with Crippen LogP contribution >= 0.6 is 0 Å². The van der Waals surface area contributed by atoms with E-state index >= 15 is 0 Å². The maximum atomic E-state index is 13.9. The zero-order valence-electron chi connectivity index (χ0n) is 28.3. The highest BCUT2D eigenvalue weighted by molar-refractivity contribution is 5.82. The highest BCUT2D eigenvalue weighted by Crippen LogP contribution is 2.80. The van der Waals surface area contributed by atoms with Crippen LogP contribution in [-0.2, 0) is 19.0 Å². The van der Waals surface area contributed by atoms with Crippen molar-refractivity contribution in [1.82, 2.24) is 0 Å². The number of carbonyl (C=O) groups is 1. The maximum absolute atomic E-state index is 13.9. The van der Waals surface area contributed by atoms with Gasteiger partial charge in [-0.15, -0.1) is 0 Å². The summed E-state index contributed by atoms with van der Waals surface area (Å²) < 4.78 is 19.1. The van der Waals surface area contributed by atoms with Crippen molar-refractivity contribution in [3.8, 4) is 0 Å². The third-order valence-electron chi connectivity index (χ3n) is 16.1. The Morgan fingerprint density at radius 1 is 0.773 bits per heavy atom. The minimum Gasteiger partial charge on any atom is -0.455 e. The molecule has 2 bridgehead atoms. The van der Waals surface area contributed by atoms with E-state index in [0.29, 0.717) is 12.3 Å². The number of esters is 1. The van der Waals surface area contributed by atoms with Gasteiger partial charge in [-0.1, -0.05) is 48.5 Å². The third-order valence-corrected chi connectivity index (χ3v) is 16.1. The van der Waals surface area contributed by atoms with E-state index in [-0.39, 0.29) is 51.0 Å². The van der Waals surface area contributed by atoms with Crippen molar-refractivity contribution >= 4 is 5.97 Å². The molecule has 0 aromatic heterocycles. The van der Waals surface area contributed by atoms with Crippen LogP contribution in [0.1, 0.15) is 120 Å². The lowest BCUT2D eigenvalue weighted by Crippen LogP contribution is -2.76. The quantitative estimate of drug-likeness (QED) is 0.259. The Morgan fingerprint density at radius 3 is 2.16 bits per heavy atom. The average molecular weight is 619 g/mol. The summed E-state index contributed by atoms with van der Waals surface area (Å²) in [6.45, 7) is 18.2. The number of hydrogen-bond acceptors (Lipinski definition) is 8. The van der Waals surface area contributed by atoms with E-state index in [1.165, 1.54) is 0 Å². The number of carbonyl (C=O) groups excluding carboxylic acids is 1. The van der Waals surface area contributed by atoms with Crippen LogP contribution in [0.2, 0.25) is 0 Å². The standard InChI is InChI=1S/C36H58O8/c1-19-25(38)26(39)27(40)28(42-19)43-24-10-11-32(6)20(31(24,4)5)9-12-33(7)21(32)17-23(37)36-22-18-30(2,3)13-15-35(22,29(41)44-36)16-14-34(33,36)8/h19-28,37-40H,9-18H2,1-8H3/t19-,20-,21+,22+,23-,24-,25+,26+,27-,28-,32-,33+,34-,35-,36+/m0/s1. The Balaban J connectivity index is 1.21. The van der Waals surface area contributed by atoms with Crippen LogP contribution in [0.25, 0.3) is 0 Å². The largest absolute Gasteiger partial charge is 0.455 e. The van der Waals surface area contributed by atoms with Gasteiger partial charge in [0.05, 0.1) is 23.7 Å². The van der Waals surface area contributed by atoms with Gasteiger partial charge in [0, 0.05) is 11.3 Å². The molecule has 7 fully saturated rings. The van der Waals surface area contributed by atoms with E-state index in [4.69, 9.17) is 14.2 Å². The first kappa shape index (κ1) is 31.8. The fourth-order valence-electron chi connectivity index (χ4n) is 13.3. The highest BCUT2D eigenvalue weighted by atomic mass is 16.7. The molecule has 15 atom stereocenters. The first-order valence-corrected chi connectivity index (χ1v) is 17.6. The van der Waals surface area contributed by atoms with Gasteiger partial charge in [-0.2, -0.15) is 0 Å². The van der Waals surface area contributed by atoms with Gasteiger partial charge in [0.25, 0.3) is 0 Å². The molecule has 2 saturated heterocycles. The number of aliphatic hydroxyl groups is 4. The summed E-state index contributed by atoms with van der Waals surface area (Å²) in [5.41, 5.74) is -1.88. The summed E-state index contributed by atoms with van der Waals surface area (Å²) in [7, 11) is 0. The van der Waals surface area contributed by atoms with Crippen molar-refractivity contribution in [3.05, 3.63) is 0 Å². The molecule has 44 heavy (non-hydrogen) atoms. The van der Waals surface area contributed by atoms with Crippen molar-refractivity contribution in [2.24, 2.45) is 50.2 Å². The fourth-order valence-corrected chi connectivity index (χ4v) is 13.3. The SMILES string of the molecule is C[C@@H]1O[C@@H](O[C@H]2CC[C@]3(C)[C@H]4C[C@H](O)[C@]56OC(=O)[C@@]7(CCC(C)(C)C[C@H]75)CC[C@@]6(C)[C@]4(C)CC[C@H]3C2(C)C)[C@@H](O)[C@H](O)[C@@H]1O. The second kappa shape index (κ2) is 9.43. The zero-order chi connectivity index (χ0) is 32.0. The molecule has 2 aliphatic heterocycles. The van der Waals surface area contributed by atoms with Gasteiger partial charge in [0.15, 0.2) is 6.29 Å². The summed E-state index contributed by atoms with van der Waals surface area (Å²) in [6.07, 6.45) is 2.66. The van der Waals surface area contributed by atoms with Crippen molar-refractivity contribution < 1.29 is 39.4 Å². The molecule has 1 spiro atoms. The van der Waals surface area contributed by atoms with Gasteiger partial charge in [-0.3, -0.25) is 4.79 Å². The second-order valence-corrected chi connectivity index (χ2v) is 18.6. The van der Waals surface area contributed by atoms with Crippen LogP contribution in [0.5, 0.6) is 0 Å². The van der Waals surface area contributed by atoms with Crippen LogP contribution in [0, 0.1) is 50.2 Å². The van der Waals surface area contributed by atoms with Gasteiger partial charge in [0.2, 0.25) is 0 Å². The number of rotatable bonds is 2. The Kier molecular flexibility index (Phi) is 6.82. The van der Waals surface area contributed by atoms with E-state index < -0.39 is 47.8 Å². The average Bonchev–Trinajstić information content (AvgIpc) is 3.13. The maximum Gasteiger partial charge on any atom is 0.313 e. The summed E-state index contributed by atoms with van der Waals surface area (Å²) in [4.78, 5) is 13.9.